The van der Waals surface area contributed by atoms with E-state index in [-0.39, 0.29) is 45.2 Å². The zero-order valence-corrected chi connectivity index (χ0v) is 10.3. The average molecular weight is 232 g/mol. The average Bonchev–Trinajstić information content (AvgIpc) is 1.89. The van der Waals surface area contributed by atoms with Crippen LogP contribution in [0.3, 0.4) is 0 Å². The molecule has 1 N–H and O–H groups in total. The molecule has 0 aliphatic rings. The molecule has 1 radical (unpaired) electrons. The van der Waals surface area contributed by atoms with E-state index in [1.807, 2.05) is 27.1 Å². The van der Waals surface area contributed by atoms with E-state index in [0.717, 1.165) is 0 Å². The Morgan fingerprint density at radius 3 is 2.27 bits per heavy atom. The van der Waals surface area contributed by atoms with E-state index in [1.54, 1.807) is 0 Å². The minimum atomic E-state index is -0.414. The summed E-state index contributed by atoms with van der Waals surface area (Å²) in [6, 6.07) is 0. The van der Waals surface area contributed by atoms with Crippen LogP contribution in [-0.2, 0) is 37.5 Å². The van der Waals surface area contributed by atoms with Gasteiger partial charge in [-0.2, -0.15) is 0 Å². The van der Waals surface area contributed by atoms with Gasteiger partial charge in [-0.05, 0) is 6.42 Å². The van der Waals surface area contributed by atoms with E-state index < -0.39 is 5.41 Å². The van der Waals surface area contributed by atoms with Crippen LogP contribution < -0.4 is 0 Å². The third kappa shape index (κ3) is 5.05. The summed E-state index contributed by atoms with van der Waals surface area (Å²) in [5.41, 5.74) is -0.414. The molecule has 0 fully saturated rings. The largest absolute Gasteiger partial charge is 0.541 e. The van der Waals surface area contributed by atoms with E-state index in [9.17, 15) is 4.79 Å². The minimum absolute atomic E-state index is 0. The SMILES string of the molecule is C[C@H](CCO)C(C)(C)[C-]=O.[Y]. The van der Waals surface area contributed by atoms with Crippen LogP contribution in [0.15, 0.2) is 0 Å². The van der Waals surface area contributed by atoms with Gasteiger partial charge in [0.25, 0.3) is 0 Å². The number of aliphatic hydroxyl groups excluding tert-OH is 1. The Balaban J connectivity index is 0. The maximum absolute atomic E-state index is 10.3. The predicted molar refractivity (Wildman–Crippen MR) is 40.3 cm³/mol. The van der Waals surface area contributed by atoms with Crippen molar-refractivity contribution in [2.24, 2.45) is 11.3 Å². The van der Waals surface area contributed by atoms with Gasteiger partial charge < -0.3 is 9.90 Å². The van der Waals surface area contributed by atoms with Crippen molar-refractivity contribution in [3.8, 4) is 0 Å². The zero-order chi connectivity index (χ0) is 8.20. The Kier molecular flexibility index (Phi) is 8.14. The number of hydrogen-bond acceptors (Lipinski definition) is 2. The quantitative estimate of drug-likeness (QED) is 0.738. The zero-order valence-electron chi connectivity index (χ0n) is 7.42. The third-order valence-corrected chi connectivity index (χ3v) is 2.06. The predicted octanol–water partition coefficient (Wildman–Crippen LogP) is 1.14. The fraction of sp³-hybridized carbons (Fsp3) is 0.875. The second-order valence-corrected chi connectivity index (χ2v) is 3.24. The molecule has 0 aromatic rings. The molecule has 63 valence electrons. The third-order valence-electron chi connectivity index (χ3n) is 2.06. The number of aliphatic hydroxyl groups is 1. The maximum atomic E-state index is 10.3. The molecule has 0 aliphatic heterocycles. The van der Waals surface area contributed by atoms with Gasteiger partial charge in [0.05, 0.1) is 0 Å². The van der Waals surface area contributed by atoms with Gasteiger partial charge in [-0.15, -0.1) is 5.41 Å². The monoisotopic (exact) mass is 232 g/mol. The molecule has 0 aliphatic carbocycles. The Morgan fingerprint density at radius 1 is 1.55 bits per heavy atom. The van der Waals surface area contributed by atoms with Crippen molar-refractivity contribution >= 4 is 6.29 Å². The summed E-state index contributed by atoms with van der Waals surface area (Å²) in [5, 5.41) is 8.57. The van der Waals surface area contributed by atoms with E-state index >= 15 is 0 Å². The number of hydrogen-bond donors (Lipinski definition) is 1. The summed E-state index contributed by atoms with van der Waals surface area (Å²) >= 11 is 0. The molecular weight excluding hydrogens is 217 g/mol. The van der Waals surface area contributed by atoms with Gasteiger partial charge >= 0.3 is 0 Å². The topological polar surface area (TPSA) is 37.3 Å². The van der Waals surface area contributed by atoms with Crippen LogP contribution in [-0.4, -0.2) is 18.0 Å². The van der Waals surface area contributed by atoms with Crippen LogP contribution in [0.2, 0.25) is 0 Å². The van der Waals surface area contributed by atoms with Gasteiger partial charge in [0.2, 0.25) is 0 Å². The van der Waals surface area contributed by atoms with Crippen molar-refractivity contribution in [1.82, 2.24) is 0 Å². The summed E-state index contributed by atoms with van der Waals surface area (Å²) in [6.45, 7) is 5.76. The normalized spacial score (nSPS) is 13.5. The molecule has 0 aromatic carbocycles. The fourth-order valence-corrected chi connectivity index (χ4v) is 0.655. The molecule has 0 bridgehead atoms. The molecule has 0 saturated carbocycles. The van der Waals surface area contributed by atoms with Crippen molar-refractivity contribution in [1.29, 1.82) is 0 Å². The molecule has 2 nitrogen and oxygen atoms in total. The molecule has 0 unspecified atom stereocenters. The fourth-order valence-electron chi connectivity index (χ4n) is 0.655. The summed E-state index contributed by atoms with van der Waals surface area (Å²) in [5.74, 6) is 0.204. The van der Waals surface area contributed by atoms with Crippen LogP contribution in [0.4, 0.5) is 0 Å². The Morgan fingerprint density at radius 2 is 2.00 bits per heavy atom. The summed E-state index contributed by atoms with van der Waals surface area (Å²) in [7, 11) is 0. The molecule has 0 aromatic heterocycles. The van der Waals surface area contributed by atoms with Gasteiger partial charge in [0.1, 0.15) is 0 Å². The first-order chi connectivity index (χ1) is 4.54. The van der Waals surface area contributed by atoms with E-state index in [1.165, 1.54) is 0 Å². The first-order valence-electron chi connectivity index (χ1n) is 3.54. The Hall–Kier alpha value is 0.734. The molecule has 3 heteroatoms. The molecule has 0 spiro atoms. The molecule has 11 heavy (non-hydrogen) atoms. The minimum Gasteiger partial charge on any atom is -0.541 e. The van der Waals surface area contributed by atoms with Crippen LogP contribution >= 0.6 is 0 Å². The van der Waals surface area contributed by atoms with Gasteiger partial charge in [-0.3, -0.25) is 6.29 Å². The van der Waals surface area contributed by atoms with E-state index in [2.05, 4.69) is 0 Å². The maximum Gasteiger partial charge on any atom is 0.0432 e. The van der Waals surface area contributed by atoms with E-state index in [0.29, 0.717) is 6.42 Å². The standard InChI is InChI=1S/C8H15O2.Y/c1-7(4-5-9)8(2,3)6-10;/h7,9H,4-5H2,1-3H3;/q-1;/t7-;/m1./s1. The summed E-state index contributed by atoms with van der Waals surface area (Å²) < 4.78 is 0. The molecule has 0 amide bonds. The molecule has 0 saturated heterocycles. The van der Waals surface area contributed by atoms with Crippen molar-refractivity contribution in [2.45, 2.75) is 27.2 Å². The first-order valence-corrected chi connectivity index (χ1v) is 3.54. The van der Waals surface area contributed by atoms with Crippen molar-refractivity contribution in [3.05, 3.63) is 0 Å². The van der Waals surface area contributed by atoms with Crippen molar-refractivity contribution < 1.29 is 42.6 Å². The number of carbonyl (C=O) groups excluding carboxylic acids is 1. The van der Waals surface area contributed by atoms with E-state index in [4.69, 9.17) is 5.11 Å². The van der Waals surface area contributed by atoms with Crippen molar-refractivity contribution in [3.63, 3.8) is 0 Å². The van der Waals surface area contributed by atoms with Crippen LogP contribution in [0.1, 0.15) is 27.2 Å². The smallest absolute Gasteiger partial charge is 0.0432 e. The molecule has 0 rings (SSSR count). The van der Waals surface area contributed by atoms with Gasteiger partial charge in [0.15, 0.2) is 0 Å². The van der Waals surface area contributed by atoms with Gasteiger partial charge in [-0.25, -0.2) is 0 Å². The van der Waals surface area contributed by atoms with Crippen LogP contribution in [0.25, 0.3) is 0 Å². The Labute approximate surface area is 93.6 Å². The number of rotatable bonds is 4. The summed E-state index contributed by atoms with van der Waals surface area (Å²) in [6.07, 6.45) is 2.63. The summed E-state index contributed by atoms with van der Waals surface area (Å²) in [4.78, 5) is 10.3. The second kappa shape index (κ2) is 6.27. The van der Waals surface area contributed by atoms with Crippen molar-refractivity contribution in [2.75, 3.05) is 6.61 Å². The second-order valence-electron chi connectivity index (χ2n) is 3.24. The molecular formula is C8H15O2Y-. The van der Waals surface area contributed by atoms with Gasteiger partial charge in [0, 0.05) is 39.3 Å². The van der Waals surface area contributed by atoms with Crippen LogP contribution in [0.5, 0.6) is 0 Å². The first kappa shape index (κ1) is 14.3. The Bertz CT molecular complexity index is 113. The molecule has 1 atom stereocenters. The van der Waals surface area contributed by atoms with Gasteiger partial charge in [-0.1, -0.05) is 26.7 Å². The molecule has 0 heterocycles. The van der Waals surface area contributed by atoms with Crippen LogP contribution in [0, 0.1) is 11.3 Å².